The van der Waals surface area contributed by atoms with Gasteiger partial charge in [0.1, 0.15) is 23.7 Å². The van der Waals surface area contributed by atoms with Crippen LogP contribution in [0.5, 0.6) is 5.75 Å². The van der Waals surface area contributed by atoms with E-state index in [1.54, 1.807) is 12.0 Å². The van der Waals surface area contributed by atoms with E-state index in [2.05, 4.69) is 45.6 Å². The van der Waals surface area contributed by atoms with Gasteiger partial charge in [-0.3, -0.25) is 9.59 Å². The highest BCUT2D eigenvalue weighted by atomic mass is 16.6. The second-order valence-corrected chi connectivity index (χ2v) is 15.4. The summed E-state index contributed by atoms with van der Waals surface area (Å²) in [7, 11) is 3.52. The monoisotopic (exact) mass is 685 g/mol. The Hall–Kier alpha value is -4.90. The van der Waals surface area contributed by atoms with Gasteiger partial charge in [-0.15, -0.1) is 0 Å². The number of nitrogens with zero attached hydrogens (tertiary/aromatic N) is 3. The number of amides is 2. The first-order valence-electron chi connectivity index (χ1n) is 17.7. The van der Waals surface area contributed by atoms with Crippen LogP contribution in [0.3, 0.4) is 0 Å². The first-order chi connectivity index (χ1) is 24.4. The predicted octanol–water partition coefficient (Wildman–Crippen LogP) is 6.34. The molecule has 1 saturated heterocycles. The molecule has 5 heterocycles. The van der Waals surface area contributed by atoms with Gasteiger partial charge < -0.3 is 39.3 Å². The van der Waals surface area contributed by atoms with Gasteiger partial charge >= 0.3 is 0 Å². The van der Waals surface area contributed by atoms with Gasteiger partial charge in [-0.25, -0.2) is 0 Å². The molecule has 6 aromatic rings. The normalized spacial score (nSPS) is 23.2. The molecule has 51 heavy (non-hydrogen) atoms. The summed E-state index contributed by atoms with van der Waals surface area (Å²) >= 11 is 0. The van der Waals surface area contributed by atoms with Crippen molar-refractivity contribution in [3.8, 4) is 5.75 Å². The third kappa shape index (κ3) is 4.52. The smallest absolute Gasteiger partial charge is 0.252 e. The summed E-state index contributed by atoms with van der Waals surface area (Å²) in [6, 6.07) is 23.2. The Morgan fingerprint density at radius 2 is 1.69 bits per heavy atom. The van der Waals surface area contributed by atoms with Gasteiger partial charge in [0.25, 0.3) is 5.91 Å². The van der Waals surface area contributed by atoms with Gasteiger partial charge in [0.15, 0.2) is 5.72 Å². The lowest BCUT2D eigenvalue weighted by molar-refractivity contribution is -0.266. The van der Waals surface area contributed by atoms with E-state index in [0.717, 1.165) is 66.1 Å². The van der Waals surface area contributed by atoms with Crippen molar-refractivity contribution in [1.29, 1.82) is 0 Å². The highest BCUT2D eigenvalue weighted by Gasteiger charge is 2.55. The molecule has 4 aromatic carbocycles. The summed E-state index contributed by atoms with van der Waals surface area (Å²) in [6.07, 6.45) is -0.184. The van der Waals surface area contributed by atoms with Crippen molar-refractivity contribution >= 4 is 55.4 Å². The number of methoxy groups -OCH3 is 1. The molecule has 5 atom stereocenters. The first-order valence-corrected chi connectivity index (χ1v) is 17.7. The molecule has 10 heteroatoms. The van der Waals surface area contributed by atoms with E-state index in [9.17, 15) is 9.59 Å². The van der Waals surface area contributed by atoms with E-state index in [-0.39, 0.29) is 17.4 Å². The van der Waals surface area contributed by atoms with Crippen molar-refractivity contribution in [1.82, 2.24) is 19.4 Å². The number of nitrogens with two attached hydrogens (primary N) is 1. The number of hydrogen-bond acceptors (Lipinski definition) is 6. The molecule has 2 amide bonds. The molecular formula is C41H43N5O5. The average molecular weight is 686 g/mol. The van der Waals surface area contributed by atoms with Crippen LogP contribution >= 0.6 is 0 Å². The van der Waals surface area contributed by atoms with Gasteiger partial charge in [-0.1, -0.05) is 48.5 Å². The zero-order chi connectivity index (χ0) is 35.6. The molecule has 0 aliphatic carbocycles. The van der Waals surface area contributed by atoms with E-state index in [4.69, 9.17) is 19.9 Å². The molecule has 3 N–H and O–H groups in total. The molecule has 0 spiro atoms. The summed E-state index contributed by atoms with van der Waals surface area (Å²) in [5, 5.41) is 7.16. The molecule has 262 valence electrons. The Morgan fingerprint density at radius 1 is 1.02 bits per heavy atom. The van der Waals surface area contributed by atoms with Crippen molar-refractivity contribution in [2.45, 2.75) is 82.8 Å². The maximum Gasteiger partial charge on any atom is 0.252 e. The molecule has 3 aliphatic heterocycles. The summed E-state index contributed by atoms with van der Waals surface area (Å²) in [6.45, 7) is 8.56. The van der Waals surface area contributed by atoms with Crippen molar-refractivity contribution < 1.29 is 23.8 Å². The minimum atomic E-state index is -1.04. The van der Waals surface area contributed by atoms with Gasteiger partial charge in [-0.05, 0) is 69.5 Å². The summed E-state index contributed by atoms with van der Waals surface area (Å²) in [4.78, 5) is 29.7. The standard InChI is InChI=1S/C41H43N5O5/c1-40(2,3)50-23-17-15-22(16-18-23)19-27(42)39(48)44(5)30-20-31-45-28-13-9-7-11-24(28)33-34-26(21-43-38(34)47)32-25-12-8-10-14-29(25)46(36(32)35(33)45)41(4,51-31)37(30)49-6/h7-18,27,30-31,37H,19-21,42H2,1-6H3,(H,43,47). The van der Waals surface area contributed by atoms with Gasteiger partial charge in [0.05, 0.1) is 39.7 Å². The Bertz CT molecular complexity index is 2420. The number of fused-ring (bicyclic) bond motifs is 13. The van der Waals surface area contributed by atoms with Crippen LogP contribution < -0.4 is 15.8 Å². The SMILES string of the molecule is COC1C(N(C)C(=O)C(N)Cc2ccc(OC(C)(C)C)cc2)CC2OC1(C)n1c3ccccc3c3c4c(c5c6ccccc6n2c5c31)C(=O)NC4. The molecule has 0 saturated carbocycles. The molecule has 2 aromatic heterocycles. The van der Waals surface area contributed by atoms with Crippen LogP contribution in [0, 0.1) is 0 Å². The van der Waals surface area contributed by atoms with Gasteiger partial charge in [0, 0.05) is 48.7 Å². The zero-order valence-corrected chi connectivity index (χ0v) is 29.8. The second kappa shape index (κ2) is 11.0. The number of nitrogens with one attached hydrogen (secondary N) is 1. The molecule has 2 bridgehead atoms. The van der Waals surface area contributed by atoms with E-state index in [1.807, 2.05) is 76.3 Å². The number of para-hydroxylation sites is 2. The lowest BCUT2D eigenvalue weighted by Gasteiger charge is -2.50. The Kier molecular flexibility index (Phi) is 6.94. The summed E-state index contributed by atoms with van der Waals surface area (Å²) < 4.78 is 24.2. The molecule has 10 nitrogen and oxygen atoms in total. The van der Waals surface area contributed by atoms with Crippen LogP contribution in [0.25, 0.3) is 43.6 Å². The largest absolute Gasteiger partial charge is 0.488 e. The number of carbonyl (C=O) groups excluding carboxylic acids is 2. The topological polar surface area (TPSA) is 113 Å². The third-order valence-corrected chi connectivity index (χ3v) is 11.2. The highest BCUT2D eigenvalue weighted by molar-refractivity contribution is 6.31. The van der Waals surface area contributed by atoms with Crippen LogP contribution in [0.4, 0.5) is 0 Å². The number of hydrogen-bond donors (Lipinski definition) is 2. The lowest BCUT2D eigenvalue weighted by Crippen LogP contribution is -2.62. The average Bonchev–Trinajstić information content (AvgIpc) is 3.75. The second-order valence-electron chi connectivity index (χ2n) is 15.4. The van der Waals surface area contributed by atoms with Crippen molar-refractivity contribution in [2.75, 3.05) is 14.2 Å². The maximum atomic E-state index is 14.3. The van der Waals surface area contributed by atoms with Crippen LogP contribution in [0.2, 0.25) is 0 Å². The van der Waals surface area contributed by atoms with Crippen LogP contribution in [0.1, 0.15) is 61.8 Å². The number of ether oxygens (including phenoxy) is 3. The fourth-order valence-corrected chi connectivity index (χ4v) is 9.21. The number of carbonyl (C=O) groups is 2. The Labute approximate surface area is 296 Å². The number of likely N-dealkylation sites (N-methyl/N-ethyl adjacent to an activating group) is 1. The highest BCUT2D eigenvalue weighted by Crippen LogP contribution is 2.54. The van der Waals surface area contributed by atoms with Crippen molar-refractivity contribution in [3.05, 3.63) is 89.5 Å². The first kappa shape index (κ1) is 32.0. The van der Waals surface area contributed by atoms with Crippen LogP contribution in [-0.4, -0.2) is 63.8 Å². The van der Waals surface area contributed by atoms with E-state index < -0.39 is 30.1 Å². The van der Waals surface area contributed by atoms with Gasteiger partial charge in [0.2, 0.25) is 5.91 Å². The van der Waals surface area contributed by atoms with E-state index in [0.29, 0.717) is 19.4 Å². The molecule has 0 radical (unpaired) electrons. The molecule has 5 unspecified atom stereocenters. The van der Waals surface area contributed by atoms with Crippen molar-refractivity contribution in [3.63, 3.8) is 0 Å². The van der Waals surface area contributed by atoms with Crippen LogP contribution in [-0.2, 0) is 33.0 Å². The fraction of sp³-hybridized carbons (Fsp3) is 0.366. The summed E-state index contributed by atoms with van der Waals surface area (Å²) in [5.74, 6) is 0.543. The van der Waals surface area contributed by atoms with E-state index >= 15 is 0 Å². The van der Waals surface area contributed by atoms with Crippen LogP contribution in [0.15, 0.2) is 72.8 Å². The number of aromatic nitrogens is 2. The zero-order valence-electron chi connectivity index (χ0n) is 29.8. The summed E-state index contributed by atoms with van der Waals surface area (Å²) in [5.41, 5.74) is 12.0. The lowest BCUT2D eigenvalue weighted by atomic mass is 9.91. The molecule has 1 fully saturated rings. The Balaban J connectivity index is 1.19. The minimum Gasteiger partial charge on any atom is -0.488 e. The molecule has 9 rings (SSSR count). The number of benzene rings is 4. The fourth-order valence-electron chi connectivity index (χ4n) is 9.21. The number of rotatable bonds is 6. The van der Waals surface area contributed by atoms with Gasteiger partial charge in [-0.2, -0.15) is 0 Å². The quantitative estimate of drug-likeness (QED) is 0.212. The maximum absolute atomic E-state index is 14.3. The third-order valence-electron chi connectivity index (χ3n) is 11.2. The molecule has 3 aliphatic rings. The minimum absolute atomic E-state index is 0.0608. The van der Waals surface area contributed by atoms with Crippen molar-refractivity contribution in [2.24, 2.45) is 5.73 Å². The predicted molar refractivity (Wildman–Crippen MR) is 198 cm³/mol. The molecular weight excluding hydrogens is 642 g/mol. The van der Waals surface area contributed by atoms with E-state index in [1.165, 1.54) is 0 Å². The Morgan fingerprint density at radius 3 is 2.37 bits per heavy atom.